The van der Waals surface area contributed by atoms with Crippen LogP contribution in [0.3, 0.4) is 0 Å². The topological polar surface area (TPSA) is 62.3 Å². The van der Waals surface area contributed by atoms with Gasteiger partial charge < -0.3 is 10.2 Å². The molecule has 1 aliphatic carbocycles. The Balaban J connectivity index is 1.86. The van der Waals surface area contributed by atoms with E-state index in [4.69, 9.17) is 0 Å². The van der Waals surface area contributed by atoms with E-state index in [-0.39, 0.29) is 23.8 Å². The molecule has 1 aliphatic heterocycles. The summed E-state index contributed by atoms with van der Waals surface area (Å²) in [7, 11) is 0. The molecule has 0 spiro atoms. The molecule has 1 aromatic rings. The molecule has 1 aromatic heterocycles. The Labute approximate surface area is 128 Å². The lowest BCUT2D eigenvalue weighted by Crippen LogP contribution is -2.65. The lowest BCUT2D eigenvalue weighted by atomic mass is 9.96. The number of nitrogens with one attached hydrogen (secondary N) is 1. The Morgan fingerprint density at radius 3 is 2.67 bits per heavy atom. The van der Waals surface area contributed by atoms with Crippen LogP contribution in [0.25, 0.3) is 0 Å². The van der Waals surface area contributed by atoms with Crippen LogP contribution in [-0.2, 0) is 16.1 Å². The van der Waals surface area contributed by atoms with Crippen molar-refractivity contribution in [2.45, 2.75) is 52.2 Å². The van der Waals surface area contributed by atoms with E-state index in [1.54, 1.807) is 16.2 Å². The van der Waals surface area contributed by atoms with E-state index in [2.05, 4.69) is 10.3 Å². The normalized spacial score (nSPS) is 26.4. The van der Waals surface area contributed by atoms with Crippen molar-refractivity contribution in [1.29, 1.82) is 0 Å². The number of rotatable bonds is 4. The van der Waals surface area contributed by atoms with Crippen molar-refractivity contribution in [3.8, 4) is 0 Å². The second kappa shape index (κ2) is 5.40. The number of piperazine rings is 1. The van der Waals surface area contributed by atoms with Crippen LogP contribution in [0.2, 0.25) is 0 Å². The summed E-state index contributed by atoms with van der Waals surface area (Å²) in [5.74, 6) is 0.456. The van der Waals surface area contributed by atoms with E-state index >= 15 is 0 Å². The molecule has 3 rings (SSSR count). The summed E-state index contributed by atoms with van der Waals surface area (Å²) in [5.41, 5.74) is 0.883. The Hall–Kier alpha value is -1.43. The lowest BCUT2D eigenvalue weighted by Gasteiger charge is -2.40. The highest BCUT2D eigenvalue weighted by molar-refractivity contribution is 7.09. The van der Waals surface area contributed by atoms with Gasteiger partial charge in [-0.2, -0.15) is 0 Å². The van der Waals surface area contributed by atoms with Gasteiger partial charge in [0.2, 0.25) is 11.8 Å². The predicted molar refractivity (Wildman–Crippen MR) is 80.7 cm³/mol. The van der Waals surface area contributed by atoms with Gasteiger partial charge in [-0.1, -0.05) is 13.8 Å². The first kappa shape index (κ1) is 14.5. The van der Waals surface area contributed by atoms with Gasteiger partial charge in [0, 0.05) is 5.38 Å². The van der Waals surface area contributed by atoms with Gasteiger partial charge in [-0.25, -0.2) is 4.98 Å². The SMILES string of the molecule is Cc1nc(CN2C(=O)C(C(C)C)NC(=O)C2C2CC2)cs1. The zero-order valence-corrected chi connectivity index (χ0v) is 13.4. The molecule has 1 saturated carbocycles. The first-order valence-corrected chi connectivity index (χ1v) is 8.37. The van der Waals surface area contributed by atoms with E-state index in [9.17, 15) is 9.59 Å². The minimum absolute atomic E-state index is 0.00255. The lowest BCUT2D eigenvalue weighted by molar-refractivity contribution is -0.152. The van der Waals surface area contributed by atoms with Crippen molar-refractivity contribution < 1.29 is 9.59 Å². The summed E-state index contributed by atoms with van der Waals surface area (Å²) in [5, 5.41) is 5.87. The quantitative estimate of drug-likeness (QED) is 0.921. The number of aromatic nitrogens is 1. The molecule has 0 radical (unpaired) electrons. The van der Waals surface area contributed by atoms with Crippen molar-refractivity contribution in [3.05, 3.63) is 16.1 Å². The Bertz CT molecular complexity index is 565. The predicted octanol–water partition coefficient (Wildman–Crippen LogP) is 1.71. The average Bonchev–Trinajstić information content (AvgIpc) is 3.16. The first-order chi connectivity index (χ1) is 9.97. The highest BCUT2D eigenvalue weighted by atomic mass is 32.1. The fourth-order valence-corrected chi connectivity index (χ4v) is 3.53. The molecule has 0 bridgehead atoms. The van der Waals surface area contributed by atoms with Crippen LogP contribution in [0.4, 0.5) is 0 Å². The fraction of sp³-hybridized carbons (Fsp3) is 0.667. The summed E-state index contributed by atoms with van der Waals surface area (Å²) in [6, 6.07) is -0.721. The van der Waals surface area contributed by atoms with Crippen LogP contribution in [0, 0.1) is 18.8 Å². The van der Waals surface area contributed by atoms with Crippen molar-refractivity contribution in [2.24, 2.45) is 11.8 Å². The average molecular weight is 307 g/mol. The van der Waals surface area contributed by atoms with Crippen molar-refractivity contribution in [1.82, 2.24) is 15.2 Å². The largest absolute Gasteiger partial charge is 0.342 e. The molecular weight excluding hydrogens is 286 g/mol. The zero-order valence-electron chi connectivity index (χ0n) is 12.6. The second-order valence-electron chi connectivity index (χ2n) is 6.34. The third kappa shape index (κ3) is 2.81. The van der Waals surface area contributed by atoms with Crippen molar-refractivity contribution >= 4 is 23.2 Å². The third-order valence-corrected chi connectivity index (χ3v) is 5.01. The minimum Gasteiger partial charge on any atom is -0.342 e. The fourth-order valence-electron chi connectivity index (χ4n) is 2.92. The Kier molecular flexibility index (Phi) is 3.73. The molecule has 2 amide bonds. The minimum atomic E-state index is -0.410. The summed E-state index contributed by atoms with van der Waals surface area (Å²) in [6.45, 7) is 6.33. The molecule has 2 heterocycles. The maximum atomic E-state index is 12.8. The van der Waals surface area contributed by atoms with Crippen molar-refractivity contribution in [3.63, 3.8) is 0 Å². The molecule has 2 unspecified atom stereocenters. The van der Waals surface area contributed by atoms with Gasteiger partial charge in [0.15, 0.2) is 0 Å². The number of thiazole rings is 1. The van der Waals surface area contributed by atoms with Gasteiger partial charge in [0.05, 0.1) is 17.2 Å². The van der Waals surface area contributed by atoms with Gasteiger partial charge >= 0.3 is 0 Å². The summed E-state index contributed by atoms with van der Waals surface area (Å²) >= 11 is 1.58. The summed E-state index contributed by atoms with van der Waals surface area (Å²) < 4.78 is 0. The molecule has 1 saturated heterocycles. The van der Waals surface area contributed by atoms with E-state index < -0.39 is 6.04 Å². The van der Waals surface area contributed by atoms with Gasteiger partial charge in [0.1, 0.15) is 12.1 Å². The van der Waals surface area contributed by atoms with Crippen LogP contribution in [0.5, 0.6) is 0 Å². The highest BCUT2D eigenvalue weighted by Gasteiger charge is 2.48. The van der Waals surface area contributed by atoms with Crippen LogP contribution < -0.4 is 5.32 Å². The smallest absolute Gasteiger partial charge is 0.246 e. The zero-order chi connectivity index (χ0) is 15.1. The number of nitrogens with zero attached hydrogens (tertiary/aromatic N) is 2. The number of amides is 2. The number of hydrogen-bond donors (Lipinski definition) is 1. The van der Waals surface area contributed by atoms with E-state index in [1.807, 2.05) is 26.2 Å². The van der Waals surface area contributed by atoms with Crippen LogP contribution in [0.1, 0.15) is 37.4 Å². The third-order valence-electron chi connectivity index (χ3n) is 4.19. The maximum absolute atomic E-state index is 12.8. The Morgan fingerprint density at radius 2 is 2.14 bits per heavy atom. The monoisotopic (exact) mass is 307 g/mol. The number of aryl methyl sites for hydroxylation is 1. The maximum Gasteiger partial charge on any atom is 0.246 e. The molecule has 2 aliphatic rings. The Morgan fingerprint density at radius 1 is 1.43 bits per heavy atom. The van der Waals surface area contributed by atoms with Gasteiger partial charge in [-0.05, 0) is 31.6 Å². The van der Waals surface area contributed by atoms with Crippen LogP contribution in [-0.4, -0.2) is 33.8 Å². The molecule has 2 fully saturated rings. The number of carbonyl (C=O) groups excluding carboxylic acids is 2. The standard InChI is InChI=1S/C15H21N3O2S/c1-8(2)12-15(20)18(6-11-7-21-9(3)16-11)13(10-4-5-10)14(19)17-12/h7-8,10,12-13H,4-6H2,1-3H3,(H,17,19). The van der Waals surface area contributed by atoms with E-state index in [0.29, 0.717) is 12.5 Å². The highest BCUT2D eigenvalue weighted by Crippen LogP contribution is 2.38. The van der Waals surface area contributed by atoms with Crippen LogP contribution >= 0.6 is 11.3 Å². The molecule has 1 N–H and O–H groups in total. The van der Waals surface area contributed by atoms with Gasteiger partial charge in [0.25, 0.3) is 0 Å². The molecule has 21 heavy (non-hydrogen) atoms. The van der Waals surface area contributed by atoms with Crippen LogP contribution in [0.15, 0.2) is 5.38 Å². The molecule has 5 nitrogen and oxygen atoms in total. The van der Waals surface area contributed by atoms with Crippen molar-refractivity contribution in [2.75, 3.05) is 0 Å². The summed E-state index contributed by atoms with van der Waals surface area (Å²) in [6.07, 6.45) is 2.06. The number of carbonyl (C=O) groups is 2. The molecule has 114 valence electrons. The van der Waals surface area contributed by atoms with E-state index in [1.165, 1.54) is 0 Å². The molecule has 6 heteroatoms. The molecule has 2 atom stereocenters. The number of hydrogen-bond acceptors (Lipinski definition) is 4. The van der Waals surface area contributed by atoms with E-state index in [0.717, 1.165) is 23.5 Å². The first-order valence-electron chi connectivity index (χ1n) is 7.49. The van der Waals surface area contributed by atoms with Gasteiger partial charge in [-0.15, -0.1) is 11.3 Å². The molecular formula is C15H21N3O2S. The van der Waals surface area contributed by atoms with Gasteiger partial charge in [-0.3, -0.25) is 9.59 Å². The molecule has 0 aromatic carbocycles. The summed E-state index contributed by atoms with van der Waals surface area (Å²) in [4.78, 5) is 31.4. The second-order valence-corrected chi connectivity index (χ2v) is 7.40.